The van der Waals surface area contributed by atoms with E-state index >= 15 is 0 Å². The van der Waals surface area contributed by atoms with E-state index in [0.717, 1.165) is 4.90 Å². The number of carbonyl (C=O) groups is 2. The van der Waals surface area contributed by atoms with E-state index in [2.05, 4.69) is 0 Å². The number of carbonyl (C=O) groups excluding carboxylic acids is 2. The molecule has 1 aromatic rings. The molecular weight excluding hydrogens is 302 g/mol. The Morgan fingerprint density at radius 3 is 2.52 bits per heavy atom. The number of ether oxygens (including phenoxy) is 3. The Balaban J connectivity index is 1.78. The summed E-state index contributed by atoms with van der Waals surface area (Å²) in [4.78, 5) is 23.9. The molecule has 126 valence electrons. The van der Waals surface area contributed by atoms with Crippen molar-refractivity contribution >= 4 is 11.9 Å². The van der Waals surface area contributed by atoms with Crippen LogP contribution in [0.15, 0.2) is 30.3 Å². The Hall–Kier alpha value is -2.12. The smallest absolute Gasteiger partial charge is 0.365 e. The first-order valence-corrected chi connectivity index (χ1v) is 7.63. The maximum absolute atomic E-state index is 12.2. The van der Waals surface area contributed by atoms with Crippen LogP contribution >= 0.6 is 0 Å². The summed E-state index contributed by atoms with van der Waals surface area (Å²) in [6, 6.07) is 8.42. The van der Waals surface area contributed by atoms with Gasteiger partial charge in [0.05, 0.1) is 19.6 Å². The van der Waals surface area contributed by atoms with Crippen LogP contribution in [0.1, 0.15) is 6.42 Å². The molecule has 1 N–H and O–H groups in total. The second-order valence-electron chi connectivity index (χ2n) is 5.23. The predicted molar refractivity (Wildman–Crippen MR) is 77.8 cm³/mol. The summed E-state index contributed by atoms with van der Waals surface area (Å²) in [6.07, 6.45) is -0.353. The van der Waals surface area contributed by atoms with Crippen LogP contribution in [-0.4, -0.2) is 57.5 Å². The Labute approximate surface area is 134 Å². The monoisotopic (exact) mass is 323 g/mol. The van der Waals surface area contributed by atoms with E-state index in [4.69, 9.17) is 14.2 Å². The number of morpholine rings is 1. The SMILES string of the molecule is O=C([O-])C[C@H](C(=O)OCCOc1ccccc1)[NH+]1CCOCC1. The Morgan fingerprint density at radius 2 is 1.87 bits per heavy atom. The van der Waals surface area contributed by atoms with Crippen LogP contribution in [0.2, 0.25) is 0 Å². The van der Waals surface area contributed by atoms with Gasteiger partial charge in [-0.2, -0.15) is 0 Å². The number of para-hydroxylation sites is 1. The van der Waals surface area contributed by atoms with Gasteiger partial charge in [-0.1, -0.05) is 18.2 Å². The van der Waals surface area contributed by atoms with Crippen LogP contribution in [0, 0.1) is 0 Å². The van der Waals surface area contributed by atoms with Crippen molar-refractivity contribution in [2.24, 2.45) is 0 Å². The first kappa shape index (κ1) is 17.2. The molecule has 1 aromatic carbocycles. The van der Waals surface area contributed by atoms with Crippen molar-refractivity contribution in [2.75, 3.05) is 39.5 Å². The maximum atomic E-state index is 12.2. The third-order valence-electron chi connectivity index (χ3n) is 3.62. The van der Waals surface area contributed by atoms with Crippen LogP contribution in [-0.2, 0) is 19.1 Å². The molecule has 0 spiro atoms. The minimum Gasteiger partial charge on any atom is -0.550 e. The van der Waals surface area contributed by atoms with Crippen molar-refractivity contribution < 1.29 is 33.8 Å². The highest BCUT2D eigenvalue weighted by molar-refractivity contribution is 5.79. The van der Waals surface area contributed by atoms with Crippen molar-refractivity contribution in [3.8, 4) is 5.75 Å². The minimum atomic E-state index is -1.26. The third-order valence-corrected chi connectivity index (χ3v) is 3.62. The van der Waals surface area contributed by atoms with Gasteiger partial charge in [-0.15, -0.1) is 0 Å². The first-order chi connectivity index (χ1) is 11.2. The summed E-state index contributed by atoms with van der Waals surface area (Å²) >= 11 is 0. The lowest BCUT2D eigenvalue weighted by atomic mass is 10.1. The maximum Gasteiger partial charge on any atom is 0.365 e. The normalized spacial score (nSPS) is 16.5. The summed E-state index contributed by atoms with van der Waals surface area (Å²) in [7, 11) is 0. The van der Waals surface area contributed by atoms with Crippen LogP contribution in [0.5, 0.6) is 5.75 Å². The lowest BCUT2D eigenvalue weighted by Crippen LogP contribution is -3.18. The number of nitrogens with one attached hydrogen (secondary N) is 1. The van der Waals surface area contributed by atoms with Crippen LogP contribution in [0.3, 0.4) is 0 Å². The molecule has 1 atom stereocenters. The number of hydrogen-bond acceptors (Lipinski definition) is 6. The van der Waals surface area contributed by atoms with Gasteiger partial charge in [0, 0.05) is 5.97 Å². The van der Waals surface area contributed by atoms with E-state index < -0.39 is 18.0 Å². The molecule has 7 heteroatoms. The number of rotatable bonds is 8. The number of benzene rings is 1. The first-order valence-electron chi connectivity index (χ1n) is 7.63. The molecule has 0 bridgehead atoms. The van der Waals surface area contributed by atoms with Crippen LogP contribution in [0.25, 0.3) is 0 Å². The fourth-order valence-corrected chi connectivity index (χ4v) is 2.46. The zero-order chi connectivity index (χ0) is 16.5. The predicted octanol–water partition coefficient (Wildman–Crippen LogP) is -1.97. The molecule has 0 amide bonds. The lowest BCUT2D eigenvalue weighted by Gasteiger charge is -2.30. The molecule has 0 saturated carbocycles. The van der Waals surface area contributed by atoms with Crippen molar-refractivity contribution in [3.05, 3.63) is 30.3 Å². The highest BCUT2D eigenvalue weighted by atomic mass is 16.6. The van der Waals surface area contributed by atoms with Gasteiger partial charge in [0.25, 0.3) is 0 Å². The van der Waals surface area contributed by atoms with Gasteiger partial charge < -0.3 is 29.0 Å². The molecule has 1 aliphatic rings. The quantitative estimate of drug-likeness (QED) is 0.441. The standard InChI is InChI=1S/C16H21NO6/c18-15(19)12-14(17-6-8-21-9-7-17)16(20)23-11-10-22-13-4-2-1-3-5-13/h1-5,14H,6-12H2,(H,18,19)/t14-/m1/s1. The Morgan fingerprint density at radius 1 is 1.17 bits per heavy atom. The van der Waals surface area contributed by atoms with E-state index in [1.165, 1.54) is 0 Å². The number of carboxylic acids is 1. The lowest BCUT2D eigenvalue weighted by molar-refractivity contribution is -0.924. The van der Waals surface area contributed by atoms with E-state index in [0.29, 0.717) is 32.1 Å². The zero-order valence-corrected chi connectivity index (χ0v) is 12.9. The number of quaternary nitrogens is 1. The molecule has 2 rings (SSSR count). The minimum absolute atomic E-state index is 0.0705. The van der Waals surface area contributed by atoms with Crippen molar-refractivity contribution in [2.45, 2.75) is 12.5 Å². The second-order valence-corrected chi connectivity index (χ2v) is 5.23. The average Bonchev–Trinajstić information content (AvgIpc) is 2.58. The molecule has 0 unspecified atom stereocenters. The highest BCUT2D eigenvalue weighted by Crippen LogP contribution is 2.07. The number of hydrogen-bond donors (Lipinski definition) is 1. The van der Waals surface area contributed by atoms with Gasteiger partial charge in [0.1, 0.15) is 32.1 Å². The van der Waals surface area contributed by atoms with Gasteiger partial charge in [0.2, 0.25) is 0 Å². The average molecular weight is 323 g/mol. The number of carboxylic acid groups (broad SMARTS) is 1. The summed E-state index contributed by atoms with van der Waals surface area (Å²) in [5.74, 6) is -1.11. The summed E-state index contributed by atoms with van der Waals surface area (Å²) < 4.78 is 15.8. The summed E-state index contributed by atoms with van der Waals surface area (Å²) in [6.45, 7) is 2.45. The van der Waals surface area contributed by atoms with E-state index in [-0.39, 0.29) is 19.6 Å². The number of esters is 1. The molecule has 1 aliphatic heterocycles. The van der Waals surface area contributed by atoms with Gasteiger partial charge in [-0.3, -0.25) is 0 Å². The summed E-state index contributed by atoms with van der Waals surface area (Å²) in [5.41, 5.74) is 0. The van der Waals surface area contributed by atoms with E-state index in [9.17, 15) is 14.7 Å². The second kappa shape index (κ2) is 9.12. The van der Waals surface area contributed by atoms with Gasteiger partial charge in [-0.25, -0.2) is 4.79 Å². The summed E-state index contributed by atoms with van der Waals surface area (Å²) in [5, 5.41) is 10.9. The molecule has 23 heavy (non-hydrogen) atoms. The van der Waals surface area contributed by atoms with Crippen LogP contribution in [0.4, 0.5) is 0 Å². The fourth-order valence-electron chi connectivity index (χ4n) is 2.46. The molecule has 0 aliphatic carbocycles. The van der Waals surface area contributed by atoms with E-state index in [1.807, 2.05) is 18.2 Å². The Kier molecular flexibility index (Phi) is 6.83. The highest BCUT2D eigenvalue weighted by Gasteiger charge is 2.32. The largest absolute Gasteiger partial charge is 0.550 e. The van der Waals surface area contributed by atoms with Crippen LogP contribution < -0.4 is 14.7 Å². The molecule has 0 radical (unpaired) electrons. The van der Waals surface area contributed by atoms with Crippen molar-refractivity contribution in [1.29, 1.82) is 0 Å². The van der Waals surface area contributed by atoms with Crippen molar-refractivity contribution in [3.63, 3.8) is 0 Å². The van der Waals surface area contributed by atoms with Crippen molar-refractivity contribution in [1.82, 2.24) is 0 Å². The van der Waals surface area contributed by atoms with E-state index in [1.54, 1.807) is 12.1 Å². The number of aliphatic carboxylic acids is 1. The Bertz CT molecular complexity index is 501. The fraction of sp³-hybridized carbons (Fsp3) is 0.500. The molecule has 1 fully saturated rings. The molecule has 1 heterocycles. The third kappa shape index (κ3) is 5.88. The molecule has 1 saturated heterocycles. The van der Waals surface area contributed by atoms with Gasteiger partial charge in [-0.05, 0) is 12.1 Å². The van der Waals surface area contributed by atoms with Gasteiger partial charge in [0.15, 0.2) is 6.04 Å². The molecular formula is C16H21NO6. The molecule has 7 nitrogen and oxygen atoms in total. The topological polar surface area (TPSA) is 89.3 Å². The zero-order valence-electron chi connectivity index (χ0n) is 12.9. The van der Waals surface area contributed by atoms with Gasteiger partial charge >= 0.3 is 5.97 Å². The molecule has 0 aromatic heterocycles.